The number of nitrogens with zero attached hydrogens (tertiary/aromatic N) is 2. The standard InChI is InChI=1S/C21H34N4O5/c1-15-7-8-18(27)25(15)30-19(28)10-12-22-17(26)9-11-23-20(29)16-6-5-13-24(16)14-21(2,3)4/h16H,1,5-14H2,2-4H3,(H,22,26)(H,23,29)/i2+1,3+1,4+1,5+1,6+1,13+1,14+1,16+1,23+1,24+1. The summed E-state index contributed by atoms with van der Waals surface area (Å²) in [5, 5.41) is 6.38. The smallest absolute Gasteiger partial charge is 0.334 e. The molecule has 2 rings (SSSR count). The second-order valence-corrected chi connectivity index (χ2v) is 9.05. The van der Waals surface area contributed by atoms with Crippen LogP contribution in [0.25, 0.3) is 0 Å². The second-order valence-electron chi connectivity index (χ2n) is 9.05. The fraction of sp³-hybridized carbons (Fsp3) is 0.714. The van der Waals surface area contributed by atoms with E-state index >= 15 is 0 Å². The number of hydrogen-bond donors (Lipinski definition) is 2. The van der Waals surface area contributed by atoms with Crippen LogP contribution in [0.2, 0.25) is 0 Å². The molecule has 0 aromatic rings. The highest BCUT2D eigenvalue weighted by Crippen LogP contribution is 2.24. The molecule has 0 aromatic heterocycles. The van der Waals surface area contributed by atoms with Crippen molar-refractivity contribution in [2.24, 2.45) is 5.41 Å². The van der Waals surface area contributed by atoms with Crippen molar-refractivity contribution in [3.8, 4) is 0 Å². The first-order valence-electron chi connectivity index (χ1n) is 10.6. The first kappa shape index (κ1) is 23.9. The van der Waals surface area contributed by atoms with Crippen molar-refractivity contribution in [2.45, 2.75) is 65.3 Å². The minimum atomic E-state index is -0.611. The van der Waals surface area contributed by atoms with Crippen LogP contribution < -0.4 is 10.6 Å². The molecular formula is C21H34N4O5. The fourth-order valence-corrected chi connectivity index (χ4v) is 3.62. The number of allylic oxidation sites excluding steroid dienone is 1. The molecule has 0 aromatic carbocycles. The molecule has 9 nitrogen and oxygen atoms in total. The quantitative estimate of drug-likeness (QED) is 0.417. The maximum atomic E-state index is 12.5. The van der Waals surface area contributed by atoms with Crippen molar-refractivity contribution in [3.63, 3.8) is 0 Å². The summed E-state index contributed by atoms with van der Waals surface area (Å²) in [5.41, 5.74) is 0.579. The lowest BCUT2D eigenvalue weighted by Crippen LogP contribution is -2.46. The van der Waals surface area contributed by atoms with Gasteiger partial charge in [-0.15, -0.1) is 5.06 Å². The summed E-state index contributed by atoms with van der Waals surface area (Å²) >= 11 is 0. The predicted molar refractivity (Wildman–Crippen MR) is 111 cm³/mol. The minimum absolute atomic E-state index is 0.0383. The highest BCUT2D eigenvalue weighted by atomic mass is 16.7. The fourth-order valence-electron chi connectivity index (χ4n) is 3.62. The first-order chi connectivity index (χ1) is 14.1. The third-order valence-electron chi connectivity index (χ3n) is 4.98. The van der Waals surface area contributed by atoms with Crippen LogP contribution in [0.1, 0.15) is 59.3 Å². The van der Waals surface area contributed by atoms with Gasteiger partial charge in [0.1, 0.15) is 0 Å². The van der Waals surface area contributed by atoms with Gasteiger partial charge in [0.05, 0.1) is 18.2 Å². The van der Waals surface area contributed by atoms with Gasteiger partial charge in [-0.25, -0.2) is 4.79 Å². The summed E-state index contributed by atoms with van der Waals surface area (Å²) in [7, 11) is 0. The van der Waals surface area contributed by atoms with Gasteiger partial charge in [-0.05, 0) is 31.2 Å². The van der Waals surface area contributed by atoms with E-state index in [4.69, 9.17) is 4.84 Å². The Hall–Kier alpha value is -2.42. The van der Waals surface area contributed by atoms with Gasteiger partial charge >= 0.3 is 5.97 Å². The molecule has 0 radical (unpaired) electrons. The van der Waals surface area contributed by atoms with Gasteiger partial charge in [-0.2, -0.15) is 0 Å². The van der Waals surface area contributed by atoms with Crippen molar-refractivity contribution < 1.29 is 24.0 Å². The molecule has 2 heterocycles. The van der Waals surface area contributed by atoms with Gasteiger partial charge in [0, 0.05) is 32.5 Å². The van der Waals surface area contributed by atoms with Crippen LogP contribution in [0, 0.1) is 5.41 Å². The zero-order valence-corrected chi connectivity index (χ0v) is 18.3. The topological polar surface area (TPSA) is 108 Å². The molecule has 0 saturated carbocycles. The number of carbonyl (C=O) groups is 4. The molecule has 2 aliphatic heterocycles. The van der Waals surface area contributed by atoms with Crippen LogP contribution in [0.15, 0.2) is 12.3 Å². The number of hydroxylamine groups is 2. The van der Waals surface area contributed by atoms with E-state index in [9.17, 15) is 19.2 Å². The summed E-state index contributed by atoms with van der Waals surface area (Å²) in [6.45, 7) is 12.2. The van der Waals surface area contributed by atoms with Crippen molar-refractivity contribution >= 4 is 23.7 Å². The van der Waals surface area contributed by atoms with Crippen LogP contribution in [-0.2, 0) is 24.0 Å². The normalized spacial score (nSPS) is 19.8. The van der Waals surface area contributed by atoms with Crippen LogP contribution in [0.5, 0.6) is 0 Å². The second kappa shape index (κ2) is 10.6. The van der Waals surface area contributed by atoms with Crippen molar-refractivity contribution in [2.75, 3.05) is 26.2 Å². The Labute approximate surface area is 178 Å². The van der Waals surface area contributed by atoms with E-state index in [0.717, 1.165) is 31.0 Å². The van der Waals surface area contributed by atoms with E-state index in [0.29, 0.717) is 12.1 Å². The molecule has 2 saturated heterocycles. The molecule has 1 unspecified atom stereocenters. The number of likely N-dealkylation sites (tertiary alicyclic amines) is 1. The Morgan fingerprint density at radius 2 is 1.83 bits per heavy atom. The summed E-state index contributed by atoms with van der Waals surface area (Å²) in [6, 6.07) is -0.134. The molecule has 3 amide bonds. The van der Waals surface area contributed by atoms with Gasteiger partial charge < -0.3 is 15.5 Å². The van der Waals surface area contributed by atoms with Crippen molar-refractivity contribution in [3.05, 3.63) is 12.3 Å². The van der Waals surface area contributed by atoms with Gasteiger partial charge in [0.15, 0.2) is 0 Å². The summed E-state index contributed by atoms with van der Waals surface area (Å²) in [4.78, 5) is 54.9. The number of hydrogen-bond acceptors (Lipinski definition) is 6. The third-order valence-corrected chi connectivity index (χ3v) is 4.98. The van der Waals surface area contributed by atoms with Crippen molar-refractivity contribution in [1.82, 2.24) is 20.6 Å². The molecule has 2 N–H and O–H groups in total. The number of rotatable bonds is 9. The van der Waals surface area contributed by atoms with Crippen LogP contribution in [0.3, 0.4) is 0 Å². The molecule has 9 heteroatoms. The highest BCUT2D eigenvalue weighted by molar-refractivity contribution is 5.83. The van der Waals surface area contributed by atoms with Gasteiger partial charge in [-0.3, -0.25) is 19.3 Å². The molecular weight excluding hydrogens is 398 g/mol. The molecule has 0 bridgehead atoms. The molecule has 2 fully saturated rings. The molecule has 168 valence electrons. The summed E-state index contributed by atoms with van der Waals surface area (Å²) in [5.74, 6) is -1.21. The zero-order chi connectivity index (χ0) is 22.3. The number of nitrogens with one attached hydrogen (secondary N) is 2. The Kier molecular flexibility index (Phi) is 8.40. The Bertz CT molecular complexity index is 669. The van der Waals surface area contributed by atoms with Crippen molar-refractivity contribution in [1.29, 1.82) is 0 Å². The Morgan fingerprint density at radius 1 is 1.13 bits per heavy atom. The van der Waals surface area contributed by atoms with E-state index < -0.39 is 5.97 Å². The zero-order valence-electron chi connectivity index (χ0n) is 18.3. The van der Waals surface area contributed by atoms with E-state index in [1.807, 2.05) is 0 Å². The Morgan fingerprint density at radius 3 is 2.47 bits per heavy atom. The average Bonchev–Trinajstić information content (AvgIpc) is 3.21. The third kappa shape index (κ3) is 7.44. The summed E-state index contributed by atoms with van der Waals surface area (Å²) in [6.07, 6.45) is 2.67. The SMILES string of the molecule is C=C1CCC(=O)N1OC(=O)CCNC(=O)CC[15NH]C(=O)[13CH]1[13CH2][13CH2][13CH2][15N]1[13CH2]C([13CH3])([13CH3])[13CH3]. The summed E-state index contributed by atoms with van der Waals surface area (Å²) < 4.78 is 0. The Balaban J connectivity index is 1.60. The van der Waals surface area contributed by atoms with Crippen LogP contribution in [-0.4, -0.2) is 65.9 Å². The molecule has 2 aliphatic rings. The van der Waals surface area contributed by atoms with Gasteiger partial charge in [-0.1, -0.05) is 27.4 Å². The van der Waals surface area contributed by atoms with Gasteiger partial charge in [0.2, 0.25) is 11.8 Å². The monoisotopic (exact) mass is 432 g/mol. The largest absolute Gasteiger partial charge is 0.355 e. The lowest BCUT2D eigenvalue weighted by Gasteiger charge is -2.30. The lowest BCUT2D eigenvalue weighted by atomic mass is 10.3. The van der Waals surface area contributed by atoms with E-state index in [2.05, 4.69) is 42.9 Å². The first-order valence-corrected chi connectivity index (χ1v) is 10.6. The number of amides is 3. The van der Waals surface area contributed by atoms with Gasteiger partial charge in [0.25, 0.3) is 5.91 Å². The molecule has 0 aliphatic carbocycles. The minimum Gasteiger partial charge on any atom is -0.355 e. The molecule has 0 spiro atoms. The van der Waals surface area contributed by atoms with E-state index in [1.54, 1.807) is 0 Å². The van der Waals surface area contributed by atoms with Crippen LogP contribution >= 0.6 is 0 Å². The van der Waals surface area contributed by atoms with Crippen LogP contribution in [0.4, 0.5) is 0 Å². The number of carbonyl (C=O) groups excluding carboxylic acids is 4. The molecule has 1 atom stereocenters. The highest BCUT2D eigenvalue weighted by Gasteiger charge is 2.32. The molecule has 30 heavy (non-hydrogen) atoms. The average molecular weight is 432 g/mol. The maximum Gasteiger partial charge on any atom is 0.334 e. The predicted octanol–water partition coefficient (Wildman–Crippen LogP) is 1.10. The lowest BCUT2D eigenvalue weighted by molar-refractivity contribution is -0.186. The van der Waals surface area contributed by atoms with E-state index in [-0.39, 0.29) is 61.5 Å². The maximum absolute atomic E-state index is 12.5. The van der Waals surface area contributed by atoms with E-state index in [1.165, 1.54) is 0 Å².